The van der Waals surface area contributed by atoms with Gasteiger partial charge in [0.2, 0.25) is 5.95 Å². The molecular formula is C19H21F3N8. The van der Waals surface area contributed by atoms with Crippen LogP contribution in [0.5, 0.6) is 0 Å². The molecule has 8 nitrogen and oxygen atoms in total. The van der Waals surface area contributed by atoms with Crippen LogP contribution in [0.2, 0.25) is 0 Å². The summed E-state index contributed by atoms with van der Waals surface area (Å²) in [7, 11) is 1.88. The first-order chi connectivity index (χ1) is 14.3. The van der Waals surface area contributed by atoms with Gasteiger partial charge in [0.25, 0.3) is 0 Å². The predicted molar refractivity (Wildman–Crippen MR) is 101 cm³/mol. The monoisotopic (exact) mass is 418 g/mol. The third-order valence-electron chi connectivity index (χ3n) is 5.85. The summed E-state index contributed by atoms with van der Waals surface area (Å²) in [6.07, 6.45) is 3.13. The topological polar surface area (TPSA) is 86.3 Å². The Bertz CT molecular complexity index is 1080. The maximum atomic E-state index is 13.2. The van der Waals surface area contributed by atoms with Crippen LogP contribution in [0, 0.1) is 6.92 Å². The van der Waals surface area contributed by atoms with Gasteiger partial charge in [0.15, 0.2) is 0 Å². The molecule has 2 saturated carbocycles. The molecule has 0 spiro atoms. The van der Waals surface area contributed by atoms with E-state index in [0.29, 0.717) is 11.6 Å². The average Bonchev–Trinajstić information content (AvgIpc) is 3.33. The molecule has 0 aliphatic heterocycles. The summed E-state index contributed by atoms with van der Waals surface area (Å²) in [4.78, 5) is 12.4. The second-order valence-electron chi connectivity index (χ2n) is 8.06. The molecule has 2 aliphatic rings. The van der Waals surface area contributed by atoms with Gasteiger partial charge in [-0.2, -0.15) is 23.4 Å². The molecule has 158 valence electrons. The van der Waals surface area contributed by atoms with Gasteiger partial charge in [-0.1, -0.05) is 0 Å². The average molecular weight is 418 g/mol. The van der Waals surface area contributed by atoms with Gasteiger partial charge in [0, 0.05) is 31.3 Å². The maximum Gasteiger partial charge on any atom is 0.419 e. The summed E-state index contributed by atoms with van der Waals surface area (Å²) in [5, 5.41) is 11.7. The Morgan fingerprint density at radius 1 is 1.13 bits per heavy atom. The lowest BCUT2D eigenvalue weighted by molar-refractivity contribution is -0.138. The number of anilines is 2. The van der Waals surface area contributed by atoms with Gasteiger partial charge in [-0.05, 0) is 32.6 Å². The number of rotatable bonds is 5. The summed E-state index contributed by atoms with van der Waals surface area (Å²) in [6.45, 7) is 1.85. The van der Waals surface area contributed by atoms with Crippen molar-refractivity contribution < 1.29 is 13.2 Å². The van der Waals surface area contributed by atoms with Gasteiger partial charge >= 0.3 is 6.18 Å². The molecule has 3 aromatic heterocycles. The number of nitrogens with zero attached hydrogens (tertiary/aromatic N) is 7. The summed E-state index contributed by atoms with van der Waals surface area (Å²) in [6, 6.07) is 0.247. The van der Waals surface area contributed by atoms with Gasteiger partial charge in [0.05, 0.1) is 28.7 Å². The van der Waals surface area contributed by atoms with E-state index in [9.17, 15) is 13.2 Å². The predicted octanol–water partition coefficient (Wildman–Crippen LogP) is 3.87. The van der Waals surface area contributed by atoms with Crippen molar-refractivity contribution in [3.05, 3.63) is 41.5 Å². The van der Waals surface area contributed by atoms with Crippen LogP contribution in [0.1, 0.15) is 66.3 Å². The normalized spacial score (nSPS) is 21.5. The van der Waals surface area contributed by atoms with Crippen LogP contribution in [0.3, 0.4) is 0 Å². The van der Waals surface area contributed by atoms with Crippen molar-refractivity contribution in [3.63, 3.8) is 0 Å². The molecule has 30 heavy (non-hydrogen) atoms. The largest absolute Gasteiger partial charge is 0.419 e. The lowest BCUT2D eigenvalue weighted by atomic mass is 9.80. The number of halogens is 3. The van der Waals surface area contributed by atoms with Crippen molar-refractivity contribution in [2.45, 2.75) is 56.7 Å². The van der Waals surface area contributed by atoms with E-state index >= 15 is 0 Å². The third kappa shape index (κ3) is 3.41. The number of nitrogens with one attached hydrogen (secondary N) is 1. The molecule has 0 atom stereocenters. The second-order valence-corrected chi connectivity index (χ2v) is 8.06. The van der Waals surface area contributed by atoms with Crippen molar-refractivity contribution in [3.8, 4) is 0 Å². The molecule has 0 radical (unpaired) electrons. The molecule has 0 unspecified atom stereocenters. The molecule has 3 aromatic rings. The molecular weight excluding hydrogens is 397 g/mol. The van der Waals surface area contributed by atoms with E-state index in [-0.39, 0.29) is 23.6 Å². The minimum atomic E-state index is -4.44. The highest BCUT2D eigenvalue weighted by atomic mass is 19.4. The fraction of sp³-hybridized carbons (Fsp3) is 0.526. The molecule has 0 aromatic carbocycles. The van der Waals surface area contributed by atoms with Crippen molar-refractivity contribution >= 4 is 11.6 Å². The van der Waals surface area contributed by atoms with E-state index in [4.69, 9.17) is 0 Å². The van der Waals surface area contributed by atoms with Crippen LogP contribution in [0.4, 0.5) is 24.8 Å². The zero-order valence-electron chi connectivity index (χ0n) is 16.6. The Labute approximate surface area is 170 Å². The van der Waals surface area contributed by atoms with Crippen molar-refractivity contribution in [1.29, 1.82) is 0 Å². The Balaban J connectivity index is 1.32. The lowest BCUT2D eigenvalue weighted by Crippen LogP contribution is -2.27. The standard InChI is InChI=1S/C19H21F3N8/c1-10-15(8-30(28-10)13-5-12(6-13)17-24-9-25-29(17)2)26-18-23-7-14(19(20,21)22)16(27-18)11-3-4-11/h7-9,11-13H,3-6H2,1-2H3,(H,23,26,27). The molecule has 0 amide bonds. The highest BCUT2D eigenvalue weighted by Crippen LogP contribution is 2.45. The van der Waals surface area contributed by atoms with Gasteiger partial charge in [-0.25, -0.2) is 15.0 Å². The van der Waals surface area contributed by atoms with Crippen LogP contribution < -0.4 is 5.32 Å². The molecule has 2 fully saturated rings. The van der Waals surface area contributed by atoms with Crippen molar-refractivity contribution in [2.75, 3.05) is 5.32 Å². The zero-order chi connectivity index (χ0) is 21.0. The first-order valence-corrected chi connectivity index (χ1v) is 9.90. The molecule has 2 aliphatic carbocycles. The Morgan fingerprint density at radius 3 is 2.53 bits per heavy atom. The number of hydrogen-bond donors (Lipinski definition) is 1. The quantitative estimate of drug-likeness (QED) is 0.677. The Kier molecular flexibility index (Phi) is 4.30. The summed E-state index contributed by atoms with van der Waals surface area (Å²) >= 11 is 0. The molecule has 0 saturated heterocycles. The first-order valence-electron chi connectivity index (χ1n) is 9.90. The Hall–Kier alpha value is -2.98. The summed E-state index contributed by atoms with van der Waals surface area (Å²) < 4.78 is 43.4. The van der Waals surface area contributed by atoms with E-state index in [0.717, 1.165) is 43.4 Å². The number of hydrogen-bond acceptors (Lipinski definition) is 6. The highest BCUT2D eigenvalue weighted by Gasteiger charge is 2.40. The van der Waals surface area contributed by atoms with E-state index in [1.165, 1.54) is 0 Å². The van der Waals surface area contributed by atoms with Gasteiger partial charge in [0.1, 0.15) is 12.2 Å². The lowest BCUT2D eigenvalue weighted by Gasteiger charge is -2.34. The smallest absolute Gasteiger partial charge is 0.321 e. The van der Waals surface area contributed by atoms with Gasteiger partial charge in [-0.15, -0.1) is 0 Å². The number of aromatic nitrogens is 7. The van der Waals surface area contributed by atoms with E-state index in [2.05, 4.69) is 30.5 Å². The highest BCUT2D eigenvalue weighted by molar-refractivity contribution is 5.55. The number of aryl methyl sites for hydroxylation is 2. The molecule has 5 rings (SSSR count). The van der Waals surface area contributed by atoms with E-state index < -0.39 is 11.7 Å². The van der Waals surface area contributed by atoms with Crippen molar-refractivity contribution in [1.82, 2.24) is 34.5 Å². The SMILES string of the molecule is Cc1nn(C2CC(c3ncnn3C)C2)cc1Nc1ncc(C(F)(F)F)c(C2CC2)n1. The minimum Gasteiger partial charge on any atom is -0.321 e. The molecule has 1 N–H and O–H groups in total. The minimum absolute atomic E-state index is 0.0792. The second kappa shape index (κ2) is 6.78. The van der Waals surface area contributed by atoms with Crippen LogP contribution in [0.15, 0.2) is 18.7 Å². The fourth-order valence-corrected chi connectivity index (χ4v) is 3.94. The van der Waals surface area contributed by atoms with E-state index in [1.54, 1.807) is 11.0 Å². The van der Waals surface area contributed by atoms with Crippen LogP contribution in [-0.4, -0.2) is 34.5 Å². The Morgan fingerprint density at radius 2 is 1.90 bits per heavy atom. The first kappa shape index (κ1) is 19.0. The maximum absolute atomic E-state index is 13.2. The van der Waals surface area contributed by atoms with E-state index in [1.807, 2.05) is 24.9 Å². The van der Waals surface area contributed by atoms with Crippen molar-refractivity contribution in [2.24, 2.45) is 7.05 Å². The zero-order valence-corrected chi connectivity index (χ0v) is 16.6. The summed E-state index contributed by atoms with van der Waals surface area (Å²) in [5.41, 5.74) is 0.773. The van der Waals surface area contributed by atoms with Crippen LogP contribution >= 0.6 is 0 Å². The molecule has 11 heteroatoms. The molecule has 3 heterocycles. The van der Waals surface area contributed by atoms with Gasteiger partial charge in [-0.3, -0.25) is 9.36 Å². The van der Waals surface area contributed by atoms with Crippen LogP contribution in [-0.2, 0) is 13.2 Å². The number of alkyl halides is 3. The third-order valence-corrected chi connectivity index (χ3v) is 5.85. The van der Waals surface area contributed by atoms with Crippen LogP contribution in [0.25, 0.3) is 0 Å². The van der Waals surface area contributed by atoms with Gasteiger partial charge < -0.3 is 5.32 Å². The molecule has 0 bridgehead atoms. The summed E-state index contributed by atoms with van der Waals surface area (Å²) in [5.74, 6) is 1.35. The fourth-order valence-electron chi connectivity index (χ4n) is 3.94.